The van der Waals surface area contributed by atoms with Crippen LogP contribution in [0.25, 0.3) is 0 Å². The lowest BCUT2D eigenvalue weighted by Crippen LogP contribution is -2.37. The Morgan fingerprint density at radius 1 is 1.00 bits per heavy atom. The van der Waals surface area contributed by atoms with Gasteiger partial charge < -0.3 is 8.85 Å². The molecular weight excluding hydrogens is 212 g/mol. The molecule has 0 spiro atoms. The van der Waals surface area contributed by atoms with Crippen LogP contribution in [0.4, 0.5) is 4.79 Å². The second kappa shape index (κ2) is 4.61. The molecule has 0 amide bonds. The third kappa shape index (κ3) is 5.03. The molecule has 0 aromatic rings. The van der Waals surface area contributed by atoms with E-state index in [1.807, 2.05) is 26.2 Å². The average molecular weight is 230 g/mol. The lowest BCUT2D eigenvalue weighted by atomic mass is 11.3. The maximum absolute atomic E-state index is 11.3. The average Bonchev–Trinajstić information content (AvgIpc) is 2.02. The van der Waals surface area contributed by atoms with Gasteiger partial charge in [-0.15, -0.1) is 13.2 Å². The summed E-state index contributed by atoms with van der Waals surface area (Å²) in [5, 5.41) is 0. The van der Waals surface area contributed by atoms with E-state index >= 15 is 0 Å². The normalized spacial score (nSPS) is 11.7. The van der Waals surface area contributed by atoms with Crippen molar-refractivity contribution in [3.8, 4) is 0 Å². The highest BCUT2D eigenvalue weighted by atomic mass is 28.4. The van der Waals surface area contributed by atoms with Crippen molar-refractivity contribution in [2.75, 3.05) is 0 Å². The van der Waals surface area contributed by atoms with Gasteiger partial charge in [0.15, 0.2) is 0 Å². The van der Waals surface area contributed by atoms with Gasteiger partial charge in [-0.05, 0) is 26.2 Å². The molecule has 0 aliphatic heterocycles. The molecule has 0 radical (unpaired) electrons. The van der Waals surface area contributed by atoms with Gasteiger partial charge in [0, 0.05) is 0 Å². The molecule has 0 aromatic heterocycles. The Morgan fingerprint density at radius 3 is 1.50 bits per heavy atom. The Kier molecular flexibility index (Phi) is 4.34. The standard InChI is InChI=1S/C9H18O3Si2/c1-7-13(3,4)11-9(10)12-14(5,6)8-2/h7-8H,1-2H2,3-6H3. The van der Waals surface area contributed by atoms with Crippen LogP contribution in [-0.2, 0) is 8.85 Å². The fourth-order valence-electron chi connectivity index (χ4n) is 0.534. The van der Waals surface area contributed by atoms with Crippen LogP contribution in [-0.4, -0.2) is 22.8 Å². The van der Waals surface area contributed by atoms with E-state index in [0.29, 0.717) is 0 Å². The van der Waals surface area contributed by atoms with E-state index in [1.165, 1.54) is 0 Å². The van der Waals surface area contributed by atoms with E-state index in [0.717, 1.165) is 0 Å². The summed E-state index contributed by atoms with van der Waals surface area (Å²) in [5.74, 6) is 0. The third-order valence-corrected chi connectivity index (χ3v) is 5.03. The SMILES string of the molecule is C=C[Si](C)(C)OC(=O)O[Si](C)(C)C=C. The molecule has 0 unspecified atom stereocenters. The summed E-state index contributed by atoms with van der Waals surface area (Å²) in [5.41, 5.74) is 3.38. The number of hydrogen-bond acceptors (Lipinski definition) is 3. The highest BCUT2D eigenvalue weighted by Gasteiger charge is 2.28. The predicted molar refractivity (Wildman–Crippen MR) is 62.9 cm³/mol. The molecule has 0 fully saturated rings. The van der Waals surface area contributed by atoms with Crippen LogP contribution in [0.5, 0.6) is 0 Å². The molecule has 0 bridgehead atoms. The topological polar surface area (TPSA) is 35.5 Å². The summed E-state index contributed by atoms with van der Waals surface area (Å²) in [7, 11) is -4.15. The van der Waals surface area contributed by atoms with E-state index < -0.39 is 22.8 Å². The van der Waals surface area contributed by atoms with Gasteiger partial charge in [-0.25, -0.2) is 4.79 Å². The van der Waals surface area contributed by atoms with Crippen molar-refractivity contribution in [1.29, 1.82) is 0 Å². The third-order valence-electron chi connectivity index (χ3n) is 1.68. The van der Waals surface area contributed by atoms with Crippen LogP contribution >= 0.6 is 0 Å². The molecule has 0 aromatic carbocycles. The summed E-state index contributed by atoms with van der Waals surface area (Å²) < 4.78 is 10.3. The minimum atomic E-state index is -2.08. The second-order valence-electron chi connectivity index (χ2n) is 4.07. The zero-order valence-electron chi connectivity index (χ0n) is 9.29. The van der Waals surface area contributed by atoms with Gasteiger partial charge in [0.1, 0.15) is 0 Å². The van der Waals surface area contributed by atoms with Crippen LogP contribution in [0.15, 0.2) is 24.6 Å². The molecule has 0 N–H and O–H groups in total. The van der Waals surface area contributed by atoms with Gasteiger partial charge in [-0.3, -0.25) is 0 Å². The minimum absolute atomic E-state index is 0.599. The zero-order chi connectivity index (χ0) is 11.4. The van der Waals surface area contributed by atoms with E-state index in [4.69, 9.17) is 8.85 Å². The first kappa shape index (κ1) is 13.2. The van der Waals surface area contributed by atoms with Crippen molar-refractivity contribution in [1.82, 2.24) is 0 Å². The van der Waals surface area contributed by atoms with E-state index in [-0.39, 0.29) is 0 Å². The molecule has 0 atom stereocenters. The fourth-order valence-corrected chi connectivity index (χ4v) is 1.73. The van der Waals surface area contributed by atoms with Gasteiger partial charge in [-0.2, -0.15) is 0 Å². The van der Waals surface area contributed by atoms with Crippen LogP contribution in [0.1, 0.15) is 0 Å². The van der Waals surface area contributed by atoms with Crippen molar-refractivity contribution in [3.05, 3.63) is 24.6 Å². The Morgan fingerprint density at radius 2 is 1.29 bits per heavy atom. The summed E-state index contributed by atoms with van der Waals surface area (Å²) in [6, 6.07) is 0. The molecular formula is C9H18O3Si2. The van der Waals surface area contributed by atoms with Crippen molar-refractivity contribution < 1.29 is 13.6 Å². The van der Waals surface area contributed by atoms with Crippen molar-refractivity contribution >= 4 is 22.8 Å². The fraction of sp³-hybridized carbons (Fsp3) is 0.444. The highest BCUT2D eigenvalue weighted by Crippen LogP contribution is 2.11. The van der Waals surface area contributed by atoms with Crippen LogP contribution in [0, 0.1) is 0 Å². The Balaban J connectivity index is 4.25. The first-order chi connectivity index (χ1) is 6.22. The van der Waals surface area contributed by atoms with Crippen molar-refractivity contribution in [3.63, 3.8) is 0 Å². The lowest BCUT2D eigenvalue weighted by Gasteiger charge is -2.23. The molecule has 0 aliphatic rings. The van der Waals surface area contributed by atoms with Gasteiger partial charge in [-0.1, -0.05) is 11.4 Å². The van der Waals surface area contributed by atoms with Crippen LogP contribution in [0.3, 0.4) is 0 Å². The highest BCUT2D eigenvalue weighted by molar-refractivity contribution is 6.79. The first-order valence-corrected chi connectivity index (χ1v) is 10.4. The molecule has 5 heteroatoms. The molecule has 80 valence electrons. The first-order valence-electron chi connectivity index (χ1n) is 4.41. The summed E-state index contributed by atoms with van der Waals surface area (Å²) in [6.45, 7) is 14.8. The van der Waals surface area contributed by atoms with Crippen LogP contribution in [0.2, 0.25) is 26.2 Å². The van der Waals surface area contributed by atoms with Gasteiger partial charge in [0.25, 0.3) is 16.6 Å². The smallest absolute Gasteiger partial charge is 0.481 e. The molecule has 0 heterocycles. The van der Waals surface area contributed by atoms with Gasteiger partial charge in [0.05, 0.1) is 0 Å². The van der Waals surface area contributed by atoms with Crippen molar-refractivity contribution in [2.45, 2.75) is 26.2 Å². The molecule has 3 nitrogen and oxygen atoms in total. The molecule has 0 rings (SSSR count). The molecule has 0 aliphatic carbocycles. The van der Waals surface area contributed by atoms with E-state index in [2.05, 4.69) is 13.2 Å². The van der Waals surface area contributed by atoms with Gasteiger partial charge >= 0.3 is 6.16 Å². The summed E-state index contributed by atoms with van der Waals surface area (Å²) in [4.78, 5) is 11.3. The summed E-state index contributed by atoms with van der Waals surface area (Å²) in [6.07, 6.45) is -0.599. The number of hydrogen-bond donors (Lipinski definition) is 0. The molecule has 0 saturated heterocycles. The maximum atomic E-state index is 11.3. The second-order valence-corrected chi connectivity index (χ2v) is 11.7. The number of carbonyl (C=O) groups excluding carboxylic acids is 1. The van der Waals surface area contributed by atoms with E-state index in [1.54, 1.807) is 11.4 Å². The molecule has 14 heavy (non-hydrogen) atoms. The number of carbonyl (C=O) groups is 1. The number of rotatable bonds is 4. The molecule has 0 saturated carbocycles. The van der Waals surface area contributed by atoms with Crippen molar-refractivity contribution in [2.24, 2.45) is 0 Å². The van der Waals surface area contributed by atoms with Gasteiger partial charge in [0.2, 0.25) is 0 Å². The largest absolute Gasteiger partial charge is 0.486 e. The zero-order valence-corrected chi connectivity index (χ0v) is 11.3. The van der Waals surface area contributed by atoms with Crippen LogP contribution < -0.4 is 0 Å². The monoisotopic (exact) mass is 230 g/mol. The summed E-state index contributed by atoms with van der Waals surface area (Å²) >= 11 is 0. The van der Waals surface area contributed by atoms with E-state index in [9.17, 15) is 4.79 Å². The Bertz CT molecular complexity index is 222. The Hall–Kier alpha value is -0.816. The minimum Gasteiger partial charge on any atom is -0.486 e. The quantitative estimate of drug-likeness (QED) is 0.696. The predicted octanol–water partition coefficient (Wildman–Crippen LogP) is 3.00. The maximum Gasteiger partial charge on any atom is 0.481 e. The lowest BCUT2D eigenvalue weighted by molar-refractivity contribution is 0.149. The Labute approximate surface area is 87.7 Å².